The summed E-state index contributed by atoms with van der Waals surface area (Å²) in [4.78, 5) is 8.62. The van der Waals surface area contributed by atoms with Gasteiger partial charge in [-0.25, -0.2) is 4.98 Å². The number of nitrogen functional groups attached to an aromatic ring is 1. The predicted molar refractivity (Wildman–Crippen MR) is 74.7 cm³/mol. The highest BCUT2D eigenvalue weighted by Crippen LogP contribution is 2.39. The van der Waals surface area contributed by atoms with Gasteiger partial charge in [-0.2, -0.15) is 4.98 Å². The van der Waals surface area contributed by atoms with Crippen molar-refractivity contribution in [1.82, 2.24) is 9.97 Å². The highest BCUT2D eigenvalue weighted by Gasteiger charge is 2.27. The van der Waals surface area contributed by atoms with E-state index < -0.39 is 0 Å². The quantitative estimate of drug-likeness (QED) is 0.928. The summed E-state index contributed by atoms with van der Waals surface area (Å²) in [6, 6.07) is 7.22. The van der Waals surface area contributed by atoms with Crippen LogP contribution in [0.5, 0.6) is 11.6 Å². The number of hydrogen-bond acceptors (Lipinski definition) is 4. The number of aromatic nitrogens is 2. The molecule has 0 radical (unpaired) electrons. The Morgan fingerprint density at radius 3 is 2.79 bits per heavy atom. The van der Waals surface area contributed by atoms with Gasteiger partial charge in [0, 0.05) is 12.0 Å². The summed E-state index contributed by atoms with van der Waals surface area (Å²) >= 11 is 6.10. The molecule has 2 N–H and O–H groups in total. The molecule has 19 heavy (non-hydrogen) atoms. The SMILES string of the molecule is Cc1ccc(Cl)c(Oc2cc(N)nc(C3CC3)n2)c1. The van der Waals surface area contributed by atoms with E-state index in [1.54, 1.807) is 12.1 Å². The van der Waals surface area contributed by atoms with Crippen molar-refractivity contribution in [3.8, 4) is 11.6 Å². The summed E-state index contributed by atoms with van der Waals surface area (Å²) in [6.45, 7) is 1.98. The van der Waals surface area contributed by atoms with Gasteiger partial charge in [0.05, 0.1) is 5.02 Å². The first-order valence-electron chi connectivity index (χ1n) is 6.20. The van der Waals surface area contributed by atoms with Crippen molar-refractivity contribution in [2.75, 3.05) is 5.73 Å². The summed E-state index contributed by atoms with van der Waals surface area (Å²) in [6.07, 6.45) is 2.24. The molecule has 0 bridgehead atoms. The third-order valence-electron chi connectivity index (χ3n) is 2.98. The molecule has 5 heteroatoms. The van der Waals surface area contributed by atoms with Gasteiger partial charge in [0.1, 0.15) is 17.4 Å². The highest BCUT2D eigenvalue weighted by atomic mass is 35.5. The van der Waals surface area contributed by atoms with E-state index in [9.17, 15) is 0 Å². The molecule has 3 rings (SSSR count). The van der Waals surface area contributed by atoms with Gasteiger partial charge in [-0.05, 0) is 37.5 Å². The maximum absolute atomic E-state index is 6.10. The van der Waals surface area contributed by atoms with E-state index in [1.165, 1.54) is 0 Å². The van der Waals surface area contributed by atoms with Crippen LogP contribution in [0.2, 0.25) is 5.02 Å². The minimum atomic E-state index is 0.427. The molecule has 1 aromatic carbocycles. The van der Waals surface area contributed by atoms with E-state index in [-0.39, 0.29) is 0 Å². The lowest BCUT2D eigenvalue weighted by molar-refractivity contribution is 0.459. The zero-order valence-corrected chi connectivity index (χ0v) is 11.3. The first-order valence-corrected chi connectivity index (χ1v) is 6.58. The molecule has 1 aliphatic carbocycles. The number of halogens is 1. The number of hydrogen-bond donors (Lipinski definition) is 1. The lowest BCUT2D eigenvalue weighted by atomic mass is 10.2. The Kier molecular flexibility index (Phi) is 3.03. The normalized spacial score (nSPS) is 14.4. The highest BCUT2D eigenvalue weighted by molar-refractivity contribution is 6.32. The Morgan fingerprint density at radius 1 is 1.26 bits per heavy atom. The molecule has 0 saturated heterocycles. The Bertz CT molecular complexity index is 626. The number of ether oxygens (including phenoxy) is 1. The number of benzene rings is 1. The van der Waals surface area contributed by atoms with Gasteiger partial charge in [0.15, 0.2) is 0 Å². The molecule has 1 fully saturated rings. The zero-order valence-electron chi connectivity index (χ0n) is 10.6. The molecule has 4 nitrogen and oxygen atoms in total. The average molecular weight is 276 g/mol. The third-order valence-corrected chi connectivity index (χ3v) is 3.30. The molecule has 2 aromatic rings. The maximum Gasteiger partial charge on any atom is 0.224 e. The van der Waals surface area contributed by atoms with Gasteiger partial charge in [-0.3, -0.25) is 0 Å². The Morgan fingerprint density at radius 2 is 2.05 bits per heavy atom. The molecule has 1 heterocycles. The Hall–Kier alpha value is -1.81. The largest absolute Gasteiger partial charge is 0.437 e. The number of rotatable bonds is 3. The van der Waals surface area contributed by atoms with Crippen molar-refractivity contribution in [2.24, 2.45) is 0 Å². The minimum Gasteiger partial charge on any atom is -0.437 e. The molecule has 1 aliphatic rings. The maximum atomic E-state index is 6.10. The molecule has 0 spiro atoms. The van der Waals surface area contributed by atoms with Crippen LogP contribution < -0.4 is 10.5 Å². The van der Waals surface area contributed by atoms with Gasteiger partial charge < -0.3 is 10.5 Å². The molecule has 0 amide bonds. The molecule has 0 unspecified atom stereocenters. The van der Waals surface area contributed by atoms with E-state index in [4.69, 9.17) is 22.1 Å². The topological polar surface area (TPSA) is 61.0 Å². The van der Waals surface area contributed by atoms with Crippen molar-refractivity contribution in [1.29, 1.82) is 0 Å². The Balaban J connectivity index is 1.92. The van der Waals surface area contributed by atoms with Crippen LogP contribution in [-0.4, -0.2) is 9.97 Å². The summed E-state index contributed by atoms with van der Waals surface area (Å²) in [5.41, 5.74) is 6.86. The van der Waals surface area contributed by atoms with Crippen LogP contribution in [0.4, 0.5) is 5.82 Å². The van der Waals surface area contributed by atoms with Crippen molar-refractivity contribution in [3.63, 3.8) is 0 Å². The van der Waals surface area contributed by atoms with E-state index in [2.05, 4.69) is 9.97 Å². The standard InChI is InChI=1S/C14H14ClN3O/c1-8-2-5-10(15)11(6-8)19-13-7-12(16)17-14(18-13)9-3-4-9/h2,5-7,9H,3-4H2,1H3,(H2,16,17,18). The van der Waals surface area contributed by atoms with Crippen molar-refractivity contribution in [2.45, 2.75) is 25.7 Å². The van der Waals surface area contributed by atoms with E-state index in [0.29, 0.717) is 28.4 Å². The molecule has 0 aliphatic heterocycles. The number of nitrogens with two attached hydrogens (primary N) is 1. The second-order valence-electron chi connectivity index (χ2n) is 4.80. The monoisotopic (exact) mass is 275 g/mol. The van der Waals surface area contributed by atoms with Crippen LogP contribution in [0.15, 0.2) is 24.3 Å². The van der Waals surface area contributed by atoms with E-state index in [1.807, 2.05) is 19.1 Å². The van der Waals surface area contributed by atoms with Crippen molar-refractivity contribution >= 4 is 17.4 Å². The number of anilines is 1. The van der Waals surface area contributed by atoms with Gasteiger partial charge >= 0.3 is 0 Å². The fourth-order valence-electron chi connectivity index (χ4n) is 1.84. The molecule has 1 aromatic heterocycles. The lowest BCUT2D eigenvalue weighted by Gasteiger charge is -2.09. The summed E-state index contributed by atoms with van der Waals surface area (Å²) < 4.78 is 5.73. The fraction of sp³-hybridized carbons (Fsp3) is 0.286. The summed E-state index contributed by atoms with van der Waals surface area (Å²) in [5, 5.41) is 0.552. The van der Waals surface area contributed by atoms with Crippen molar-refractivity contribution < 1.29 is 4.74 Å². The average Bonchev–Trinajstić information content (AvgIpc) is 3.17. The van der Waals surface area contributed by atoms with Crippen LogP contribution in [0, 0.1) is 6.92 Å². The Labute approximate surface area is 116 Å². The van der Waals surface area contributed by atoms with Crippen molar-refractivity contribution in [3.05, 3.63) is 40.7 Å². The van der Waals surface area contributed by atoms with E-state index in [0.717, 1.165) is 24.2 Å². The van der Waals surface area contributed by atoms with Gasteiger partial charge in [0.25, 0.3) is 0 Å². The van der Waals surface area contributed by atoms with E-state index >= 15 is 0 Å². The number of aryl methyl sites for hydroxylation is 1. The van der Waals surface area contributed by atoms with Crippen LogP contribution in [0.1, 0.15) is 30.1 Å². The fourth-order valence-corrected chi connectivity index (χ4v) is 2.00. The van der Waals surface area contributed by atoms with Gasteiger partial charge in [-0.1, -0.05) is 17.7 Å². The molecular formula is C14H14ClN3O. The van der Waals surface area contributed by atoms with Gasteiger partial charge in [-0.15, -0.1) is 0 Å². The predicted octanol–water partition coefficient (Wildman–Crippen LogP) is 3.69. The third kappa shape index (κ3) is 2.79. The zero-order chi connectivity index (χ0) is 13.4. The summed E-state index contributed by atoms with van der Waals surface area (Å²) in [5.74, 6) is 2.65. The van der Waals surface area contributed by atoms with Crippen LogP contribution in [0.3, 0.4) is 0 Å². The minimum absolute atomic E-state index is 0.427. The second kappa shape index (κ2) is 4.70. The van der Waals surface area contributed by atoms with Gasteiger partial charge in [0.2, 0.25) is 5.88 Å². The molecule has 1 saturated carbocycles. The smallest absolute Gasteiger partial charge is 0.224 e. The number of nitrogens with zero attached hydrogens (tertiary/aromatic N) is 2. The molecular weight excluding hydrogens is 262 g/mol. The summed E-state index contributed by atoms with van der Waals surface area (Å²) in [7, 11) is 0. The first-order chi connectivity index (χ1) is 9.11. The first kappa shape index (κ1) is 12.2. The second-order valence-corrected chi connectivity index (χ2v) is 5.21. The van der Waals surface area contributed by atoms with Crippen LogP contribution >= 0.6 is 11.6 Å². The lowest BCUT2D eigenvalue weighted by Crippen LogP contribution is -2.00. The van der Waals surface area contributed by atoms with Crippen LogP contribution in [0.25, 0.3) is 0 Å². The molecule has 98 valence electrons. The molecule has 0 atom stereocenters. The van der Waals surface area contributed by atoms with Crippen LogP contribution in [-0.2, 0) is 0 Å².